The van der Waals surface area contributed by atoms with Gasteiger partial charge in [-0.1, -0.05) is 153 Å². The number of carbonyl (C=O) groups is 2. The lowest BCUT2D eigenvalue weighted by Crippen LogP contribution is -2.37. The second-order valence-corrected chi connectivity index (χ2v) is 17.2. The summed E-state index contributed by atoms with van der Waals surface area (Å²) in [7, 11) is 1.17. The highest BCUT2D eigenvalue weighted by atomic mass is 31.2. The van der Waals surface area contributed by atoms with Crippen molar-refractivity contribution in [3.63, 3.8) is 0 Å². The number of nitrogens with zero attached hydrogens (tertiary/aromatic N) is 1. The third kappa shape index (κ3) is 41.3. The molecule has 0 aliphatic rings. The number of hydrogen-bond acceptors (Lipinski definition) is 8. The Balaban J connectivity index is 4.50. The van der Waals surface area contributed by atoms with E-state index in [1.165, 1.54) is 109 Å². The van der Waals surface area contributed by atoms with E-state index in [1.807, 2.05) is 39.4 Å². The molecular formula is C46H82NO8P. The normalized spacial score (nSPS) is 14.2. The van der Waals surface area contributed by atoms with Crippen molar-refractivity contribution < 1.29 is 42.1 Å². The molecule has 0 radical (unpaired) electrons. The molecule has 2 atom stereocenters. The van der Waals surface area contributed by atoms with Crippen molar-refractivity contribution in [1.29, 1.82) is 0 Å². The third-order valence-corrected chi connectivity index (χ3v) is 10.1. The lowest BCUT2D eigenvalue weighted by molar-refractivity contribution is -0.870. The molecule has 0 bridgehead atoms. The van der Waals surface area contributed by atoms with Crippen molar-refractivity contribution in [2.45, 2.75) is 174 Å². The lowest BCUT2D eigenvalue weighted by atomic mass is 10.0. The number of allylic oxidation sites excluding steroid dienone is 9. The molecule has 0 aromatic heterocycles. The Morgan fingerprint density at radius 1 is 0.625 bits per heavy atom. The highest BCUT2D eigenvalue weighted by Crippen LogP contribution is 2.38. The van der Waals surface area contributed by atoms with Gasteiger partial charge in [-0.2, -0.15) is 0 Å². The van der Waals surface area contributed by atoms with Crippen molar-refractivity contribution in [3.8, 4) is 0 Å². The summed E-state index contributed by atoms with van der Waals surface area (Å²) in [5, 5.41) is 0. The summed E-state index contributed by atoms with van der Waals surface area (Å²) in [6.07, 6.45) is 44.7. The second kappa shape index (κ2) is 38.2. The van der Waals surface area contributed by atoms with E-state index in [1.54, 1.807) is 12.3 Å². The van der Waals surface area contributed by atoms with Crippen molar-refractivity contribution in [2.24, 2.45) is 0 Å². The van der Waals surface area contributed by atoms with E-state index < -0.39 is 26.5 Å². The number of carbonyl (C=O) groups excluding carboxylic acids is 2. The Bertz CT molecular complexity index is 1140. The number of hydrogen-bond donors (Lipinski definition) is 0. The fraction of sp³-hybridized carbons (Fsp3) is 0.739. The van der Waals surface area contributed by atoms with Crippen LogP contribution in [-0.4, -0.2) is 69.8 Å². The molecule has 0 fully saturated rings. The Morgan fingerprint density at radius 2 is 1.16 bits per heavy atom. The first kappa shape index (κ1) is 53.7. The quantitative estimate of drug-likeness (QED) is 0.00879. The number of phosphoric acid groups is 1. The van der Waals surface area contributed by atoms with E-state index in [9.17, 15) is 19.0 Å². The van der Waals surface area contributed by atoms with Crippen molar-refractivity contribution in [3.05, 3.63) is 60.9 Å². The highest BCUT2D eigenvalue weighted by Gasteiger charge is 2.20. The van der Waals surface area contributed by atoms with Gasteiger partial charge in [0.1, 0.15) is 19.8 Å². The van der Waals surface area contributed by atoms with Crippen LogP contribution in [0.2, 0.25) is 0 Å². The fourth-order valence-corrected chi connectivity index (χ4v) is 6.37. The molecule has 1 unspecified atom stereocenters. The number of likely N-dealkylation sites (N-methyl/N-ethyl adjacent to an activating group) is 1. The average Bonchev–Trinajstić information content (AvgIpc) is 3.14. The minimum atomic E-state index is -4.61. The van der Waals surface area contributed by atoms with Crippen molar-refractivity contribution >= 4 is 19.6 Å². The molecule has 10 heteroatoms. The topological polar surface area (TPSA) is 111 Å². The zero-order valence-corrected chi connectivity index (χ0v) is 37.2. The van der Waals surface area contributed by atoms with E-state index in [4.69, 9.17) is 18.5 Å². The highest BCUT2D eigenvalue weighted by molar-refractivity contribution is 7.45. The summed E-state index contributed by atoms with van der Waals surface area (Å²) in [6.45, 7) is 4.42. The Kier molecular flexibility index (Phi) is 36.7. The molecule has 0 rings (SSSR count). The molecule has 0 spiro atoms. The number of quaternary nitrogens is 1. The summed E-state index contributed by atoms with van der Waals surface area (Å²) >= 11 is 0. The Hall–Kier alpha value is -2.29. The van der Waals surface area contributed by atoms with Crippen LogP contribution in [0.25, 0.3) is 0 Å². The molecule has 9 nitrogen and oxygen atoms in total. The summed E-state index contributed by atoms with van der Waals surface area (Å²) in [4.78, 5) is 37.3. The maximum absolute atomic E-state index is 12.6. The number of esters is 1. The molecular weight excluding hydrogens is 725 g/mol. The summed E-state index contributed by atoms with van der Waals surface area (Å²) in [5.41, 5.74) is 0. The fourth-order valence-electron chi connectivity index (χ4n) is 5.64. The zero-order valence-electron chi connectivity index (χ0n) is 36.3. The van der Waals surface area contributed by atoms with Crippen LogP contribution >= 0.6 is 7.82 Å². The van der Waals surface area contributed by atoms with Gasteiger partial charge in [-0.25, -0.2) is 0 Å². The summed E-state index contributed by atoms with van der Waals surface area (Å²) < 4.78 is 34.1. The third-order valence-electron chi connectivity index (χ3n) is 9.11. The number of ketones is 1. The van der Waals surface area contributed by atoms with Gasteiger partial charge in [-0.05, 0) is 57.1 Å². The van der Waals surface area contributed by atoms with Gasteiger partial charge >= 0.3 is 5.97 Å². The molecule has 0 saturated carbocycles. The van der Waals surface area contributed by atoms with Gasteiger partial charge in [-0.15, -0.1) is 0 Å². The van der Waals surface area contributed by atoms with Crippen LogP contribution in [0.5, 0.6) is 0 Å². The van der Waals surface area contributed by atoms with E-state index in [0.717, 1.165) is 32.1 Å². The molecule has 0 saturated heterocycles. The predicted molar refractivity (Wildman–Crippen MR) is 231 cm³/mol. The monoisotopic (exact) mass is 808 g/mol. The van der Waals surface area contributed by atoms with Crippen molar-refractivity contribution in [1.82, 2.24) is 0 Å². The maximum atomic E-state index is 12.6. The van der Waals surface area contributed by atoms with Crippen LogP contribution in [0, 0.1) is 0 Å². The van der Waals surface area contributed by atoms with Crippen LogP contribution in [0.4, 0.5) is 0 Å². The maximum Gasteiger partial charge on any atom is 0.306 e. The zero-order chi connectivity index (χ0) is 41.4. The number of unbranched alkanes of at least 4 members (excludes halogenated alkanes) is 17. The molecule has 0 N–H and O–H groups in total. The molecule has 0 heterocycles. The minimum Gasteiger partial charge on any atom is -0.756 e. The summed E-state index contributed by atoms with van der Waals surface area (Å²) in [5.74, 6) is -0.642. The largest absolute Gasteiger partial charge is 0.756 e. The van der Waals surface area contributed by atoms with E-state index in [2.05, 4.69) is 38.2 Å². The first-order valence-corrected chi connectivity index (χ1v) is 23.5. The number of ether oxygens (including phenoxy) is 2. The molecule has 0 aliphatic heterocycles. The molecule has 0 aromatic rings. The van der Waals surface area contributed by atoms with Gasteiger partial charge in [0.25, 0.3) is 7.82 Å². The van der Waals surface area contributed by atoms with Gasteiger partial charge in [0.2, 0.25) is 0 Å². The van der Waals surface area contributed by atoms with Crippen LogP contribution in [-0.2, 0) is 32.7 Å². The van der Waals surface area contributed by atoms with Crippen molar-refractivity contribution in [2.75, 3.05) is 47.5 Å². The molecule has 0 aromatic carbocycles. The lowest BCUT2D eigenvalue weighted by Gasteiger charge is -2.28. The number of rotatable bonds is 40. The Labute approximate surface area is 343 Å². The number of phosphoric ester groups is 1. The molecule has 324 valence electrons. The van der Waals surface area contributed by atoms with Crippen LogP contribution in [0.15, 0.2) is 60.9 Å². The van der Waals surface area contributed by atoms with Gasteiger partial charge in [0.15, 0.2) is 11.9 Å². The van der Waals surface area contributed by atoms with Crippen LogP contribution in [0.1, 0.15) is 168 Å². The first-order valence-electron chi connectivity index (χ1n) is 22.0. The van der Waals surface area contributed by atoms with Crippen LogP contribution < -0.4 is 4.89 Å². The van der Waals surface area contributed by atoms with Crippen LogP contribution in [0.3, 0.4) is 0 Å². The van der Waals surface area contributed by atoms with Gasteiger partial charge in [0.05, 0.1) is 34.0 Å². The standard InChI is InChI=1S/C46H82NO8P/c1-6-8-10-12-14-16-18-20-21-22-24-26-28-30-32-34-40-52-42-45(43-54-56(50,51)53-41-39-47(3,4)5)55-46(49)38-35-37-44(48)36-33-31-29-27-25-23-19-17-15-13-11-9-7-2/h15,17,23,25,29,31,33-34,36,40,45H,6-14,16,18-22,24,26-28,30,32,35,37-39,41-43H2,1-5H3/b17-15-,25-23-,31-29-,36-33+,40-34+/t45-/m1/s1. The van der Waals surface area contributed by atoms with E-state index in [0.29, 0.717) is 17.4 Å². The Morgan fingerprint density at radius 3 is 1.79 bits per heavy atom. The van der Waals surface area contributed by atoms with Gasteiger partial charge < -0.3 is 27.9 Å². The molecule has 0 aliphatic carbocycles. The first-order chi connectivity index (χ1) is 27.0. The second-order valence-electron chi connectivity index (χ2n) is 15.8. The van der Waals surface area contributed by atoms with Gasteiger partial charge in [0, 0.05) is 12.8 Å². The van der Waals surface area contributed by atoms with E-state index in [-0.39, 0.29) is 31.8 Å². The average molecular weight is 808 g/mol. The van der Waals surface area contributed by atoms with Gasteiger partial charge in [-0.3, -0.25) is 14.2 Å². The summed E-state index contributed by atoms with van der Waals surface area (Å²) in [6, 6.07) is 0. The SMILES string of the molecule is CCCCC/C=C\C/C=C\C/C=C\C=C\C(=O)CCCC(=O)O[C@H](CO/C=C/CCCCCCCCCCCCCCCC)COP(=O)([O-])OCC[N+](C)(C)C. The molecule has 56 heavy (non-hydrogen) atoms. The predicted octanol–water partition coefficient (Wildman–Crippen LogP) is 11.8. The smallest absolute Gasteiger partial charge is 0.306 e. The molecule has 0 amide bonds. The van der Waals surface area contributed by atoms with E-state index >= 15 is 0 Å². The minimum absolute atomic E-state index is 0.00770.